The van der Waals surface area contributed by atoms with Crippen LogP contribution in [0.5, 0.6) is 0 Å². The highest BCUT2D eigenvalue weighted by atomic mass is 19.1. The van der Waals surface area contributed by atoms with Gasteiger partial charge in [0.05, 0.1) is 11.2 Å². The Bertz CT molecular complexity index is 957. The second-order valence-corrected chi connectivity index (χ2v) is 6.68. The fraction of sp³-hybridized carbons (Fsp3) is 0.471. The number of aryl methyl sites for hydroxylation is 1. The predicted octanol–water partition coefficient (Wildman–Crippen LogP) is -0.134. The molecular weight excluding hydrogens is 341 g/mol. The van der Waals surface area contributed by atoms with Crippen LogP contribution >= 0.6 is 0 Å². The normalized spacial score (nSPS) is 21.3. The van der Waals surface area contributed by atoms with Crippen LogP contribution in [0.25, 0.3) is 11.0 Å². The van der Waals surface area contributed by atoms with Gasteiger partial charge in [0.2, 0.25) is 11.8 Å². The number of aromatic nitrogens is 2. The van der Waals surface area contributed by atoms with E-state index >= 15 is 0 Å². The van der Waals surface area contributed by atoms with Crippen molar-refractivity contribution in [3.8, 4) is 0 Å². The second kappa shape index (κ2) is 6.24. The van der Waals surface area contributed by atoms with Crippen LogP contribution in [-0.4, -0.2) is 47.1 Å². The lowest BCUT2D eigenvalue weighted by molar-refractivity contribution is -0.135. The van der Waals surface area contributed by atoms with Gasteiger partial charge in [-0.15, -0.1) is 0 Å². The highest BCUT2D eigenvalue weighted by molar-refractivity contribution is 6.00. The number of piperazine rings is 1. The highest BCUT2D eigenvalue weighted by Gasteiger charge is 2.33. The number of hydrogen-bond donors (Lipinski definition) is 2. The molecule has 0 bridgehead atoms. The molecule has 8 nitrogen and oxygen atoms in total. The molecule has 3 heterocycles. The van der Waals surface area contributed by atoms with Crippen molar-refractivity contribution in [3.05, 3.63) is 28.4 Å². The molecule has 2 amide bonds. The number of imide groups is 1. The van der Waals surface area contributed by atoms with E-state index < -0.39 is 23.5 Å². The molecule has 26 heavy (non-hydrogen) atoms. The highest BCUT2D eigenvalue weighted by Crippen LogP contribution is 2.31. The summed E-state index contributed by atoms with van der Waals surface area (Å²) in [6, 6.07) is 2.12. The van der Waals surface area contributed by atoms with Crippen molar-refractivity contribution in [1.82, 2.24) is 19.8 Å². The van der Waals surface area contributed by atoms with E-state index in [0.717, 1.165) is 31.9 Å². The van der Waals surface area contributed by atoms with Crippen LogP contribution in [0.15, 0.2) is 16.9 Å². The standard InChI is InChI=1S/C17H20FN5O3/c1-21-15-11(22-8-6-19-7-9-22)3-2-10(18)14(15)23(17(21)26)12-4-5-13(24)20-16(12)25/h2-3,12,19H,4-9H2,1H3,(H,20,24,25). The molecule has 9 heteroatoms. The molecule has 1 atom stereocenters. The summed E-state index contributed by atoms with van der Waals surface area (Å²) >= 11 is 0. The number of piperidine rings is 1. The molecule has 2 aliphatic heterocycles. The van der Waals surface area contributed by atoms with Crippen LogP contribution in [0.2, 0.25) is 0 Å². The largest absolute Gasteiger partial charge is 0.367 e. The predicted molar refractivity (Wildman–Crippen MR) is 93.6 cm³/mol. The van der Waals surface area contributed by atoms with E-state index in [1.54, 1.807) is 13.1 Å². The maximum Gasteiger partial charge on any atom is 0.329 e. The Morgan fingerprint density at radius 3 is 2.54 bits per heavy atom. The minimum Gasteiger partial charge on any atom is -0.367 e. The number of anilines is 1. The Balaban J connectivity index is 1.92. The first-order valence-electron chi connectivity index (χ1n) is 8.68. The minimum atomic E-state index is -0.892. The fourth-order valence-corrected chi connectivity index (χ4v) is 3.84. The Kier molecular flexibility index (Phi) is 4.03. The summed E-state index contributed by atoms with van der Waals surface area (Å²) in [5.41, 5.74) is 0.897. The third-order valence-corrected chi connectivity index (χ3v) is 5.13. The number of fused-ring (bicyclic) bond motifs is 1. The molecule has 4 rings (SSSR count). The van der Waals surface area contributed by atoms with Crippen LogP contribution in [-0.2, 0) is 16.6 Å². The average Bonchev–Trinajstić information content (AvgIpc) is 2.89. The molecule has 2 aliphatic rings. The minimum absolute atomic E-state index is 0.114. The Labute approximate surface area is 148 Å². The molecule has 138 valence electrons. The number of benzene rings is 1. The van der Waals surface area contributed by atoms with Gasteiger partial charge in [-0.05, 0) is 18.6 Å². The number of halogens is 1. The number of carbonyl (C=O) groups is 2. The summed E-state index contributed by atoms with van der Waals surface area (Å²) in [6.45, 7) is 3.11. The Morgan fingerprint density at radius 2 is 1.85 bits per heavy atom. The SMILES string of the molecule is Cn1c(=O)n(C2CCC(=O)NC2=O)c2c(F)ccc(N3CCNCC3)c21. The van der Waals surface area contributed by atoms with Gasteiger partial charge < -0.3 is 10.2 Å². The average molecular weight is 361 g/mol. The zero-order valence-electron chi connectivity index (χ0n) is 14.4. The van der Waals surface area contributed by atoms with Gasteiger partial charge in [-0.1, -0.05) is 0 Å². The molecule has 0 saturated carbocycles. The maximum absolute atomic E-state index is 14.7. The van der Waals surface area contributed by atoms with E-state index in [9.17, 15) is 18.8 Å². The molecule has 0 aliphatic carbocycles. The van der Waals surface area contributed by atoms with Gasteiger partial charge in [-0.3, -0.25) is 24.0 Å². The summed E-state index contributed by atoms with van der Waals surface area (Å²) in [5, 5.41) is 5.50. The van der Waals surface area contributed by atoms with E-state index in [0.29, 0.717) is 5.52 Å². The molecule has 2 saturated heterocycles. The Hall–Kier alpha value is -2.68. The molecule has 1 unspecified atom stereocenters. The van der Waals surface area contributed by atoms with Crippen LogP contribution in [0.4, 0.5) is 10.1 Å². The summed E-state index contributed by atoms with van der Waals surface area (Å²) in [6.07, 6.45) is 0.305. The van der Waals surface area contributed by atoms with Crippen LogP contribution in [0, 0.1) is 5.82 Å². The molecular formula is C17H20FN5O3. The number of amides is 2. The molecule has 2 aromatic rings. The Morgan fingerprint density at radius 1 is 1.12 bits per heavy atom. The van der Waals surface area contributed by atoms with E-state index in [1.807, 2.05) is 0 Å². The third-order valence-electron chi connectivity index (χ3n) is 5.13. The quantitative estimate of drug-likeness (QED) is 0.728. The van der Waals surface area contributed by atoms with Crippen molar-refractivity contribution >= 4 is 28.5 Å². The first kappa shape index (κ1) is 16.8. The van der Waals surface area contributed by atoms with Crippen molar-refractivity contribution < 1.29 is 14.0 Å². The number of nitrogens with zero attached hydrogens (tertiary/aromatic N) is 3. The summed E-state index contributed by atoms with van der Waals surface area (Å²) in [7, 11) is 1.58. The smallest absolute Gasteiger partial charge is 0.329 e. The summed E-state index contributed by atoms with van der Waals surface area (Å²) < 4.78 is 17.3. The molecule has 2 N–H and O–H groups in total. The topological polar surface area (TPSA) is 88.4 Å². The first-order chi connectivity index (χ1) is 12.5. The van der Waals surface area contributed by atoms with Gasteiger partial charge in [0.15, 0.2) is 0 Å². The molecule has 1 aromatic heterocycles. The summed E-state index contributed by atoms with van der Waals surface area (Å²) in [4.78, 5) is 38.7. The molecule has 0 spiro atoms. The lowest BCUT2D eigenvalue weighted by Crippen LogP contribution is -2.44. The maximum atomic E-state index is 14.7. The zero-order chi connectivity index (χ0) is 18.4. The van der Waals surface area contributed by atoms with Crippen LogP contribution in [0.3, 0.4) is 0 Å². The van der Waals surface area contributed by atoms with E-state index in [4.69, 9.17) is 0 Å². The lowest BCUT2D eigenvalue weighted by atomic mass is 10.1. The van der Waals surface area contributed by atoms with E-state index in [-0.39, 0.29) is 24.3 Å². The zero-order valence-corrected chi connectivity index (χ0v) is 14.4. The molecule has 0 radical (unpaired) electrons. The van der Waals surface area contributed by atoms with Gasteiger partial charge in [-0.25, -0.2) is 9.18 Å². The van der Waals surface area contributed by atoms with Gasteiger partial charge in [0, 0.05) is 39.6 Å². The fourth-order valence-electron chi connectivity index (χ4n) is 3.84. The molecule has 2 fully saturated rings. The van der Waals surface area contributed by atoms with Gasteiger partial charge in [-0.2, -0.15) is 0 Å². The van der Waals surface area contributed by atoms with E-state index in [2.05, 4.69) is 15.5 Å². The van der Waals surface area contributed by atoms with Gasteiger partial charge in [0.25, 0.3) is 0 Å². The first-order valence-corrected chi connectivity index (χ1v) is 8.68. The van der Waals surface area contributed by atoms with Gasteiger partial charge in [0.1, 0.15) is 17.4 Å². The van der Waals surface area contributed by atoms with E-state index in [1.165, 1.54) is 15.2 Å². The third kappa shape index (κ3) is 2.50. The van der Waals surface area contributed by atoms with Crippen molar-refractivity contribution in [3.63, 3.8) is 0 Å². The number of imidazole rings is 1. The number of hydrogen-bond acceptors (Lipinski definition) is 5. The monoisotopic (exact) mass is 361 g/mol. The van der Waals surface area contributed by atoms with Crippen LogP contribution in [0.1, 0.15) is 18.9 Å². The van der Waals surface area contributed by atoms with Crippen molar-refractivity contribution in [2.45, 2.75) is 18.9 Å². The lowest BCUT2D eigenvalue weighted by Gasteiger charge is -2.30. The number of rotatable bonds is 2. The second-order valence-electron chi connectivity index (χ2n) is 6.68. The van der Waals surface area contributed by atoms with Crippen molar-refractivity contribution in [2.24, 2.45) is 7.05 Å². The van der Waals surface area contributed by atoms with Crippen molar-refractivity contribution in [2.75, 3.05) is 31.1 Å². The van der Waals surface area contributed by atoms with Crippen LogP contribution < -0.4 is 21.2 Å². The molecule has 1 aromatic carbocycles. The number of carbonyl (C=O) groups excluding carboxylic acids is 2. The number of nitrogens with one attached hydrogen (secondary N) is 2. The van der Waals surface area contributed by atoms with Crippen molar-refractivity contribution in [1.29, 1.82) is 0 Å². The summed E-state index contributed by atoms with van der Waals surface area (Å²) in [5.74, 6) is -1.49. The van der Waals surface area contributed by atoms with Gasteiger partial charge >= 0.3 is 5.69 Å².